The number of carbonyl (C=O) groups is 1. The van der Waals surface area contributed by atoms with Gasteiger partial charge in [0.05, 0.1) is 12.2 Å². The Labute approximate surface area is 75.5 Å². The van der Waals surface area contributed by atoms with Crippen LogP contribution in [0.2, 0.25) is 0 Å². The highest BCUT2D eigenvalue weighted by Crippen LogP contribution is 1.94. The molecular weight excluding hydrogens is 178 g/mol. The fourth-order valence-corrected chi connectivity index (χ4v) is 0.906. The van der Waals surface area contributed by atoms with Gasteiger partial charge >= 0.3 is 0 Å². The van der Waals surface area contributed by atoms with Crippen LogP contribution in [0.15, 0.2) is 12.3 Å². The number of halogens is 1. The van der Waals surface area contributed by atoms with E-state index in [1.165, 1.54) is 0 Å². The Morgan fingerprint density at radius 3 is 3.08 bits per heavy atom. The van der Waals surface area contributed by atoms with Crippen LogP contribution in [0, 0.1) is 0 Å². The highest BCUT2D eigenvalue weighted by atomic mass is 35.5. The van der Waals surface area contributed by atoms with Crippen LogP contribution in [0.4, 0.5) is 0 Å². The van der Waals surface area contributed by atoms with Gasteiger partial charge in [-0.25, -0.2) is 0 Å². The lowest BCUT2D eigenvalue weighted by atomic mass is 10.4. The summed E-state index contributed by atoms with van der Waals surface area (Å²) in [5.41, 5.74) is 0.952. The molecule has 66 valence electrons. The van der Waals surface area contributed by atoms with Gasteiger partial charge in [0.1, 0.15) is 5.88 Å². The molecule has 0 aliphatic carbocycles. The first-order valence-corrected chi connectivity index (χ1v) is 4.07. The van der Waals surface area contributed by atoms with E-state index >= 15 is 0 Å². The second-order valence-corrected chi connectivity index (χ2v) is 2.62. The van der Waals surface area contributed by atoms with Crippen molar-refractivity contribution in [2.75, 3.05) is 5.88 Å². The number of nitrogens with one attached hydrogen (secondary N) is 1. The van der Waals surface area contributed by atoms with Crippen molar-refractivity contribution in [1.82, 2.24) is 15.1 Å². The third-order valence-corrected chi connectivity index (χ3v) is 1.75. The minimum atomic E-state index is -0.169. The van der Waals surface area contributed by atoms with Gasteiger partial charge in [0, 0.05) is 13.2 Å². The number of hydrogen-bond acceptors (Lipinski definition) is 2. The van der Waals surface area contributed by atoms with E-state index in [-0.39, 0.29) is 11.8 Å². The summed E-state index contributed by atoms with van der Waals surface area (Å²) < 4.78 is 1.70. The molecule has 1 rings (SSSR count). The Bertz CT molecular complexity index is 271. The summed E-state index contributed by atoms with van der Waals surface area (Å²) in [6.07, 6.45) is 1.68. The molecule has 1 aromatic heterocycles. The number of aryl methyl sites for hydroxylation is 1. The van der Waals surface area contributed by atoms with Gasteiger partial charge in [-0.2, -0.15) is 5.10 Å². The minimum Gasteiger partial charge on any atom is -0.349 e. The van der Waals surface area contributed by atoms with Gasteiger partial charge in [0.2, 0.25) is 5.91 Å². The van der Waals surface area contributed by atoms with Crippen LogP contribution in [0.25, 0.3) is 0 Å². The summed E-state index contributed by atoms with van der Waals surface area (Å²) in [5.74, 6) is -0.171. The highest BCUT2D eigenvalue weighted by molar-refractivity contribution is 6.27. The van der Waals surface area contributed by atoms with Gasteiger partial charge < -0.3 is 5.32 Å². The molecule has 0 fully saturated rings. The maximum Gasteiger partial charge on any atom is 0.235 e. The molecule has 1 N–H and O–H groups in total. The van der Waals surface area contributed by atoms with E-state index in [4.69, 9.17) is 11.6 Å². The van der Waals surface area contributed by atoms with Crippen LogP contribution in [-0.4, -0.2) is 21.6 Å². The fraction of sp³-hybridized carbons (Fsp3) is 0.429. The Balaban J connectivity index is 2.43. The van der Waals surface area contributed by atoms with E-state index in [0.29, 0.717) is 6.54 Å². The zero-order valence-electron chi connectivity index (χ0n) is 6.75. The maximum atomic E-state index is 10.7. The van der Waals surface area contributed by atoms with Gasteiger partial charge in [-0.3, -0.25) is 9.48 Å². The first-order valence-electron chi connectivity index (χ1n) is 3.53. The van der Waals surface area contributed by atoms with Gasteiger partial charge in [0.15, 0.2) is 0 Å². The number of nitrogens with zero attached hydrogens (tertiary/aromatic N) is 2. The van der Waals surface area contributed by atoms with Gasteiger partial charge in [-0.1, -0.05) is 0 Å². The third-order valence-electron chi connectivity index (χ3n) is 1.51. The number of alkyl halides is 1. The number of aromatic nitrogens is 2. The van der Waals surface area contributed by atoms with E-state index in [2.05, 4.69) is 10.4 Å². The first-order chi connectivity index (χ1) is 5.74. The first kappa shape index (κ1) is 9.06. The van der Waals surface area contributed by atoms with Crippen LogP contribution < -0.4 is 5.32 Å². The predicted octanol–water partition coefficient (Wildman–Crippen LogP) is 0.275. The molecule has 5 heteroatoms. The zero-order chi connectivity index (χ0) is 8.97. The summed E-state index contributed by atoms with van der Waals surface area (Å²) >= 11 is 5.30. The minimum absolute atomic E-state index is 0.00213. The van der Waals surface area contributed by atoms with E-state index in [1.807, 2.05) is 13.1 Å². The molecule has 0 unspecified atom stereocenters. The number of hydrogen-bond donors (Lipinski definition) is 1. The monoisotopic (exact) mass is 187 g/mol. The second kappa shape index (κ2) is 4.11. The van der Waals surface area contributed by atoms with Crippen LogP contribution >= 0.6 is 11.6 Å². The highest BCUT2D eigenvalue weighted by Gasteiger charge is 2.00. The second-order valence-electron chi connectivity index (χ2n) is 2.36. The predicted molar refractivity (Wildman–Crippen MR) is 45.8 cm³/mol. The van der Waals surface area contributed by atoms with E-state index < -0.39 is 0 Å². The van der Waals surface area contributed by atoms with Gasteiger partial charge in [-0.05, 0) is 6.07 Å². The molecule has 1 amide bonds. The van der Waals surface area contributed by atoms with Gasteiger partial charge in [-0.15, -0.1) is 11.6 Å². The maximum absolute atomic E-state index is 10.7. The molecule has 0 atom stereocenters. The number of rotatable bonds is 3. The Kier molecular flexibility index (Phi) is 3.10. The molecule has 0 aliphatic rings. The molecule has 0 aliphatic heterocycles. The van der Waals surface area contributed by atoms with E-state index in [1.54, 1.807) is 10.9 Å². The van der Waals surface area contributed by atoms with Crippen molar-refractivity contribution in [1.29, 1.82) is 0 Å². The Hall–Kier alpha value is -1.03. The molecule has 0 bridgehead atoms. The SMILES string of the molecule is Cn1nccc1CNC(=O)CCl. The van der Waals surface area contributed by atoms with Crippen molar-refractivity contribution in [2.45, 2.75) is 6.54 Å². The van der Waals surface area contributed by atoms with Crippen molar-refractivity contribution >= 4 is 17.5 Å². The van der Waals surface area contributed by atoms with Crippen molar-refractivity contribution < 1.29 is 4.79 Å². The van der Waals surface area contributed by atoms with Crippen LogP contribution in [0.3, 0.4) is 0 Å². The molecule has 0 saturated heterocycles. The van der Waals surface area contributed by atoms with Crippen molar-refractivity contribution in [2.24, 2.45) is 7.05 Å². The normalized spacial score (nSPS) is 9.83. The fourth-order valence-electron chi connectivity index (χ4n) is 0.811. The molecule has 4 nitrogen and oxygen atoms in total. The third kappa shape index (κ3) is 2.23. The van der Waals surface area contributed by atoms with Crippen LogP contribution in [0.5, 0.6) is 0 Å². The summed E-state index contributed by atoms with van der Waals surface area (Å²) in [7, 11) is 1.82. The lowest BCUT2D eigenvalue weighted by Gasteiger charge is -2.02. The van der Waals surface area contributed by atoms with Crippen molar-refractivity contribution in [3.8, 4) is 0 Å². The quantitative estimate of drug-likeness (QED) is 0.691. The van der Waals surface area contributed by atoms with E-state index in [0.717, 1.165) is 5.69 Å². The molecule has 0 spiro atoms. The lowest BCUT2D eigenvalue weighted by Crippen LogP contribution is -2.24. The molecule has 1 heterocycles. The molecule has 12 heavy (non-hydrogen) atoms. The summed E-state index contributed by atoms with van der Waals surface area (Å²) in [4.78, 5) is 10.7. The zero-order valence-corrected chi connectivity index (χ0v) is 7.51. The average molecular weight is 188 g/mol. The molecular formula is C7H10ClN3O. The standard InChI is InChI=1S/C7H10ClN3O/c1-11-6(2-3-10-11)5-9-7(12)4-8/h2-3H,4-5H2,1H3,(H,9,12). The molecule has 0 radical (unpaired) electrons. The number of carbonyl (C=O) groups excluding carboxylic acids is 1. The molecule has 1 aromatic rings. The Morgan fingerprint density at radius 2 is 2.58 bits per heavy atom. The van der Waals surface area contributed by atoms with Crippen LogP contribution in [-0.2, 0) is 18.4 Å². The summed E-state index contributed by atoms with van der Waals surface area (Å²) in [6.45, 7) is 0.474. The van der Waals surface area contributed by atoms with Gasteiger partial charge in [0.25, 0.3) is 0 Å². The Morgan fingerprint density at radius 1 is 1.83 bits per heavy atom. The molecule has 0 aromatic carbocycles. The van der Waals surface area contributed by atoms with E-state index in [9.17, 15) is 4.79 Å². The summed E-state index contributed by atoms with van der Waals surface area (Å²) in [5, 5.41) is 6.60. The number of amides is 1. The lowest BCUT2D eigenvalue weighted by molar-refractivity contribution is -0.118. The average Bonchev–Trinajstić information content (AvgIpc) is 2.47. The van der Waals surface area contributed by atoms with Crippen molar-refractivity contribution in [3.63, 3.8) is 0 Å². The van der Waals surface area contributed by atoms with Crippen molar-refractivity contribution in [3.05, 3.63) is 18.0 Å². The summed E-state index contributed by atoms with van der Waals surface area (Å²) in [6, 6.07) is 1.84. The smallest absolute Gasteiger partial charge is 0.235 e. The van der Waals surface area contributed by atoms with Crippen LogP contribution in [0.1, 0.15) is 5.69 Å². The molecule has 0 saturated carbocycles. The topological polar surface area (TPSA) is 46.9 Å². The largest absolute Gasteiger partial charge is 0.349 e.